The van der Waals surface area contributed by atoms with Crippen LogP contribution in [0.1, 0.15) is 10.4 Å². The van der Waals surface area contributed by atoms with Gasteiger partial charge >= 0.3 is 0 Å². The van der Waals surface area contributed by atoms with E-state index in [1.54, 1.807) is 6.07 Å². The van der Waals surface area contributed by atoms with Crippen LogP contribution in [0.15, 0.2) is 16.7 Å². The highest BCUT2D eigenvalue weighted by atomic mass is 16.3. The van der Waals surface area contributed by atoms with Gasteiger partial charge in [-0.1, -0.05) is 0 Å². The Morgan fingerprint density at radius 2 is 2.09 bits per heavy atom. The summed E-state index contributed by atoms with van der Waals surface area (Å²) in [6.45, 7) is 0. The maximum Gasteiger partial charge on any atom is 0.296 e. The second-order valence-electron chi connectivity index (χ2n) is 3.35. The lowest BCUT2D eigenvalue weighted by molar-refractivity contribution is 0.112. The molecule has 0 saturated heterocycles. The number of aldehydes is 1. The third kappa shape index (κ3) is 1.68. The summed E-state index contributed by atoms with van der Waals surface area (Å²) in [5.41, 5.74) is 0.591. The predicted molar refractivity (Wildman–Crippen MR) is 43.7 cm³/mol. The van der Waals surface area contributed by atoms with Crippen molar-refractivity contribution in [2.24, 2.45) is 0 Å². The molecule has 0 atom stereocenters. The molecule has 0 amide bonds. The van der Waals surface area contributed by atoms with Crippen LogP contribution in [-0.4, -0.2) is 27.4 Å². The maximum absolute atomic E-state index is 10.3. The Bertz CT molecular complexity index is 257. The van der Waals surface area contributed by atoms with Crippen molar-refractivity contribution in [2.45, 2.75) is 0 Å². The molecule has 0 fully saturated rings. The van der Waals surface area contributed by atoms with Crippen LogP contribution in [0.4, 0.5) is 5.88 Å². The fourth-order valence-corrected chi connectivity index (χ4v) is 0.753. The van der Waals surface area contributed by atoms with E-state index in [2.05, 4.69) is 0 Å². The number of carbonyl (C=O) groups excluding carboxylic acids is 1. The number of hydrogen-bond acceptors (Lipinski definition) is 2. The summed E-state index contributed by atoms with van der Waals surface area (Å²) < 4.78 is 5.75. The zero-order valence-corrected chi connectivity index (χ0v) is 7.00. The summed E-state index contributed by atoms with van der Waals surface area (Å²) >= 11 is 0. The lowest BCUT2D eigenvalue weighted by Gasteiger charge is -2.18. The van der Waals surface area contributed by atoms with Crippen LogP contribution in [0.5, 0.6) is 0 Å². The van der Waals surface area contributed by atoms with Gasteiger partial charge in [-0.15, -0.1) is 0 Å². The fourth-order valence-electron chi connectivity index (χ4n) is 0.753. The van der Waals surface area contributed by atoms with E-state index in [0.717, 1.165) is 12.2 Å². The van der Waals surface area contributed by atoms with Gasteiger partial charge in [-0.05, 0) is 0 Å². The second-order valence-corrected chi connectivity index (χ2v) is 3.35. The quantitative estimate of drug-likeness (QED) is 0.474. The van der Waals surface area contributed by atoms with E-state index in [0.29, 0.717) is 10.0 Å². The van der Waals surface area contributed by atoms with E-state index in [-0.39, 0.29) is 0 Å². The average molecular weight is 154 g/mol. The molecule has 0 aromatic carbocycles. The zero-order chi connectivity index (χ0) is 8.48. The molecule has 60 valence electrons. The lowest BCUT2D eigenvalue weighted by atomic mass is 10.4. The highest BCUT2D eigenvalue weighted by Crippen LogP contribution is 2.18. The van der Waals surface area contributed by atoms with Crippen molar-refractivity contribution < 1.29 is 9.21 Å². The van der Waals surface area contributed by atoms with Crippen molar-refractivity contribution in [1.29, 1.82) is 0 Å². The first-order valence-corrected chi connectivity index (χ1v) is 3.40. The van der Waals surface area contributed by atoms with Crippen molar-refractivity contribution in [1.82, 2.24) is 4.48 Å². The normalized spacial score (nSPS) is 11.5. The lowest BCUT2D eigenvalue weighted by Crippen LogP contribution is -2.34. The molecular weight excluding hydrogens is 142 g/mol. The molecule has 0 radical (unpaired) electrons. The van der Waals surface area contributed by atoms with E-state index >= 15 is 0 Å². The van der Waals surface area contributed by atoms with Crippen molar-refractivity contribution in [2.75, 3.05) is 21.1 Å². The summed E-state index contributed by atoms with van der Waals surface area (Å²) in [6.07, 6.45) is 2.24. The Hall–Kier alpha value is -1.09. The molecule has 0 aliphatic carbocycles. The van der Waals surface area contributed by atoms with Gasteiger partial charge in [0.2, 0.25) is 0 Å². The third-order valence-corrected chi connectivity index (χ3v) is 1.40. The molecule has 0 N–H and O–H groups in total. The van der Waals surface area contributed by atoms with Crippen molar-refractivity contribution in [3.05, 3.63) is 17.9 Å². The summed E-state index contributed by atoms with van der Waals surface area (Å²) in [5.74, 6) is 0.784. The first-order chi connectivity index (χ1) is 5.04. The average Bonchev–Trinajstić information content (AvgIpc) is 2.32. The van der Waals surface area contributed by atoms with E-state index in [1.165, 1.54) is 6.26 Å². The minimum Gasteiger partial charge on any atom is -0.420 e. The van der Waals surface area contributed by atoms with E-state index in [9.17, 15) is 4.79 Å². The Balaban J connectivity index is 2.98. The van der Waals surface area contributed by atoms with Gasteiger partial charge in [-0.3, -0.25) is 9.28 Å². The minimum atomic E-state index is 0.591. The van der Waals surface area contributed by atoms with Crippen LogP contribution in [0, 0.1) is 0 Å². The second kappa shape index (κ2) is 2.51. The Kier molecular flexibility index (Phi) is 1.83. The van der Waals surface area contributed by atoms with Gasteiger partial charge in [0, 0.05) is 0 Å². The first kappa shape index (κ1) is 8.01. The summed E-state index contributed by atoms with van der Waals surface area (Å²) in [4.78, 5) is 10.3. The number of furan rings is 1. The molecule has 0 saturated carbocycles. The molecule has 0 bridgehead atoms. The minimum absolute atomic E-state index is 0.591. The Labute approximate surface area is 65.8 Å². The van der Waals surface area contributed by atoms with Gasteiger partial charge in [-0.2, -0.15) is 0 Å². The topological polar surface area (TPSA) is 30.2 Å². The number of nitrogens with zero attached hydrogens (tertiary/aromatic N) is 1. The number of carbonyl (C=O) groups is 1. The van der Waals surface area contributed by atoms with Gasteiger partial charge in [-0.25, -0.2) is 0 Å². The summed E-state index contributed by atoms with van der Waals surface area (Å²) in [5, 5.41) is 0. The third-order valence-electron chi connectivity index (χ3n) is 1.40. The number of rotatable bonds is 2. The Morgan fingerprint density at radius 3 is 2.36 bits per heavy atom. The zero-order valence-electron chi connectivity index (χ0n) is 7.00. The largest absolute Gasteiger partial charge is 0.420 e. The van der Waals surface area contributed by atoms with Crippen molar-refractivity contribution >= 4 is 12.2 Å². The molecule has 1 heterocycles. The molecule has 1 aromatic rings. The molecule has 0 unspecified atom stereocenters. The highest BCUT2D eigenvalue weighted by Gasteiger charge is 2.16. The molecule has 0 aliphatic rings. The fraction of sp³-hybridized carbons (Fsp3) is 0.375. The molecule has 3 heteroatoms. The van der Waals surface area contributed by atoms with E-state index in [1.807, 2.05) is 21.1 Å². The predicted octanol–water partition coefficient (Wildman–Crippen LogP) is 1.29. The van der Waals surface area contributed by atoms with E-state index < -0.39 is 0 Å². The molecule has 1 aromatic heterocycles. The molecule has 0 aliphatic heterocycles. The van der Waals surface area contributed by atoms with Gasteiger partial charge in [0.1, 0.15) is 6.26 Å². The smallest absolute Gasteiger partial charge is 0.296 e. The van der Waals surface area contributed by atoms with Crippen LogP contribution in [0.25, 0.3) is 0 Å². The highest BCUT2D eigenvalue weighted by molar-refractivity contribution is 5.75. The molecular formula is C8H12NO2+. The molecule has 11 heavy (non-hydrogen) atoms. The van der Waals surface area contributed by atoms with Crippen molar-refractivity contribution in [3.63, 3.8) is 0 Å². The summed E-state index contributed by atoms with van der Waals surface area (Å²) in [7, 11) is 5.94. The van der Waals surface area contributed by atoms with Gasteiger partial charge in [0.05, 0.1) is 32.8 Å². The van der Waals surface area contributed by atoms with Gasteiger partial charge in [0.25, 0.3) is 5.88 Å². The number of hydrogen-bond donors (Lipinski definition) is 0. The van der Waals surface area contributed by atoms with Crippen LogP contribution in [-0.2, 0) is 0 Å². The SMILES string of the molecule is C[N+](C)(C)c1cc(C=O)co1. The standard InChI is InChI=1S/C8H12NO2/c1-9(2,3)8-4-7(5-10)6-11-8/h4-6H,1-3H3/q+1. The van der Waals surface area contributed by atoms with Gasteiger partial charge in [0.15, 0.2) is 6.29 Å². The van der Waals surface area contributed by atoms with E-state index in [4.69, 9.17) is 4.42 Å². The van der Waals surface area contributed by atoms with Gasteiger partial charge < -0.3 is 4.42 Å². The van der Waals surface area contributed by atoms with Crippen LogP contribution in [0.3, 0.4) is 0 Å². The molecule has 0 spiro atoms. The maximum atomic E-state index is 10.3. The van der Waals surface area contributed by atoms with Crippen LogP contribution < -0.4 is 4.48 Å². The summed E-state index contributed by atoms with van der Waals surface area (Å²) in [6, 6.07) is 1.74. The molecule has 3 nitrogen and oxygen atoms in total. The van der Waals surface area contributed by atoms with Crippen LogP contribution in [0.2, 0.25) is 0 Å². The molecule has 1 rings (SSSR count). The monoisotopic (exact) mass is 154 g/mol. The Morgan fingerprint density at radius 1 is 1.45 bits per heavy atom. The first-order valence-electron chi connectivity index (χ1n) is 3.40. The van der Waals surface area contributed by atoms with Crippen LogP contribution >= 0.6 is 0 Å². The number of quaternary nitrogens is 1. The van der Waals surface area contributed by atoms with Crippen molar-refractivity contribution in [3.8, 4) is 0 Å².